The first-order chi connectivity index (χ1) is 13.1. The molecular weight excluding hydrogens is 340 g/mol. The van der Waals surface area contributed by atoms with E-state index >= 15 is 0 Å². The molecular formula is C27H36O. The molecule has 0 aromatic heterocycles. The molecule has 1 nitrogen and oxygen atoms in total. The van der Waals surface area contributed by atoms with Gasteiger partial charge >= 0.3 is 0 Å². The van der Waals surface area contributed by atoms with Crippen LogP contribution in [-0.4, -0.2) is 0 Å². The number of fused-ring (bicyclic) bond motifs is 1. The molecule has 0 amide bonds. The van der Waals surface area contributed by atoms with Gasteiger partial charge in [0.05, 0.1) is 5.76 Å². The molecule has 1 aliphatic rings. The molecule has 0 radical (unpaired) electrons. The second-order valence-corrected chi connectivity index (χ2v) is 10.5. The quantitative estimate of drug-likeness (QED) is 0.518. The van der Waals surface area contributed by atoms with E-state index < -0.39 is 0 Å². The predicted octanol–water partition coefficient (Wildman–Crippen LogP) is 7.76. The minimum atomic E-state index is 0.260. The van der Waals surface area contributed by atoms with E-state index in [1.54, 1.807) is 0 Å². The van der Waals surface area contributed by atoms with Gasteiger partial charge in [-0.3, -0.25) is 0 Å². The predicted molar refractivity (Wildman–Crippen MR) is 120 cm³/mol. The smallest absolute Gasteiger partial charge is 0.113 e. The van der Waals surface area contributed by atoms with Crippen LogP contribution in [-0.2, 0) is 17.8 Å². The molecule has 1 atom stereocenters. The number of hydrogen-bond acceptors (Lipinski definition) is 1. The fourth-order valence-electron chi connectivity index (χ4n) is 4.10. The Bertz CT molecular complexity index is 816. The molecule has 1 aliphatic carbocycles. The first kappa shape index (κ1) is 20.7. The van der Waals surface area contributed by atoms with Crippen molar-refractivity contribution in [2.75, 3.05) is 0 Å². The van der Waals surface area contributed by atoms with Gasteiger partial charge < -0.3 is 4.74 Å². The Balaban J connectivity index is 1.77. The van der Waals surface area contributed by atoms with Crippen molar-refractivity contribution in [1.29, 1.82) is 0 Å². The monoisotopic (exact) mass is 376 g/mol. The molecule has 28 heavy (non-hydrogen) atoms. The summed E-state index contributed by atoms with van der Waals surface area (Å²) in [5.41, 5.74) is 6.08. The minimum Gasteiger partial charge on any atom is -0.493 e. The van der Waals surface area contributed by atoms with Gasteiger partial charge in [0.2, 0.25) is 0 Å². The highest BCUT2D eigenvalue weighted by atomic mass is 16.5. The van der Waals surface area contributed by atoms with Crippen molar-refractivity contribution in [1.82, 2.24) is 0 Å². The van der Waals surface area contributed by atoms with Gasteiger partial charge in [0.15, 0.2) is 0 Å². The second kappa shape index (κ2) is 8.15. The van der Waals surface area contributed by atoms with Gasteiger partial charge in [-0.05, 0) is 57.9 Å². The third-order valence-electron chi connectivity index (χ3n) is 5.66. The van der Waals surface area contributed by atoms with Gasteiger partial charge in [-0.15, -0.1) is 0 Å². The van der Waals surface area contributed by atoms with Crippen LogP contribution in [0.25, 0.3) is 6.08 Å². The van der Waals surface area contributed by atoms with Crippen molar-refractivity contribution in [3.05, 3.63) is 76.5 Å². The molecule has 3 rings (SSSR count). The van der Waals surface area contributed by atoms with Crippen LogP contribution in [0.4, 0.5) is 0 Å². The van der Waals surface area contributed by atoms with E-state index in [-0.39, 0.29) is 5.41 Å². The minimum absolute atomic E-state index is 0.260. The molecule has 0 spiro atoms. The number of hydrogen-bond donors (Lipinski definition) is 0. The summed E-state index contributed by atoms with van der Waals surface area (Å²) in [6.07, 6.45) is 5.50. The van der Waals surface area contributed by atoms with Crippen LogP contribution in [0.15, 0.2) is 54.3 Å². The van der Waals surface area contributed by atoms with E-state index in [1.807, 2.05) is 6.07 Å². The zero-order chi connectivity index (χ0) is 20.4. The van der Waals surface area contributed by atoms with Crippen LogP contribution < -0.4 is 0 Å². The molecule has 1 heteroatoms. The lowest BCUT2D eigenvalue weighted by Gasteiger charge is -2.36. The van der Waals surface area contributed by atoms with Crippen LogP contribution in [0.3, 0.4) is 0 Å². The zero-order valence-corrected chi connectivity index (χ0v) is 18.5. The second-order valence-electron chi connectivity index (χ2n) is 10.5. The van der Waals surface area contributed by atoms with E-state index in [0.717, 1.165) is 18.6 Å². The van der Waals surface area contributed by atoms with Crippen LogP contribution >= 0.6 is 0 Å². The van der Waals surface area contributed by atoms with Gasteiger partial charge in [-0.1, -0.05) is 90.1 Å². The summed E-state index contributed by atoms with van der Waals surface area (Å²) in [6, 6.07) is 17.5. The lowest BCUT2D eigenvalue weighted by molar-refractivity contribution is 0.191. The van der Waals surface area contributed by atoms with Crippen LogP contribution in [0.2, 0.25) is 0 Å². The Kier molecular flexibility index (Phi) is 6.03. The van der Waals surface area contributed by atoms with Gasteiger partial charge in [0.25, 0.3) is 0 Å². The van der Waals surface area contributed by atoms with Crippen LogP contribution in [0.1, 0.15) is 82.6 Å². The molecule has 2 aromatic carbocycles. The van der Waals surface area contributed by atoms with Crippen molar-refractivity contribution >= 4 is 6.08 Å². The lowest BCUT2D eigenvalue weighted by Crippen LogP contribution is -2.24. The fraction of sp³-hybridized carbons (Fsp3) is 0.481. The first-order valence-electron chi connectivity index (χ1n) is 10.6. The maximum Gasteiger partial charge on any atom is 0.113 e. The van der Waals surface area contributed by atoms with E-state index in [1.165, 1.54) is 28.7 Å². The maximum atomic E-state index is 6.08. The highest BCUT2D eigenvalue weighted by Crippen LogP contribution is 2.44. The molecule has 0 saturated carbocycles. The summed E-state index contributed by atoms with van der Waals surface area (Å²) in [5.74, 6) is 1.67. The standard InChI is InChI=1S/C27H36O/c1-26(2,3)18-25(27(4,5)6)23-13-12-22-17-24(15-14-21(22)16-23)28-19-20-10-8-7-9-11-20/h7-13,16-17,25H,14-15,18-19H2,1-6H3. The highest BCUT2D eigenvalue weighted by Gasteiger charge is 2.30. The average molecular weight is 377 g/mol. The molecule has 0 saturated heterocycles. The van der Waals surface area contributed by atoms with E-state index in [9.17, 15) is 0 Å². The number of rotatable bonds is 5. The zero-order valence-electron chi connectivity index (χ0n) is 18.5. The molecule has 0 aliphatic heterocycles. The highest BCUT2D eigenvalue weighted by molar-refractivity contribution is 5.59. The van der Waals surface area contributed by atoms with Crippen molar-refractivity contribution < 1.29 is 4.74 Å². The third kappa shape index (κ3) is 5.50. The average Bonchev–Trinajstić information content (AvgIpc) is 2.63. The Morgan fingerprint density at radius 2 is 1.61 bits per heavy atom. The largest absolute Gasteiger partial charge is 0.493 e. The van der Waals surface area contributed by atoms with Crippen LogP contribution in [0.5, 0.6) is 0 Å². The molecule has 0 heterocycles. The van der Waals surface area contributed by atoms with Crippen molar-refractivity contribution in [3.63, 3.8) is 0 Å². The normalized spacial score (nSPS) is 15.6. The van der Waals surface area contributed by atoms with Gasteiger partial charge in [-0.2, -0.15) is 0 Å². The molecule has 0 bridgehead atoms. The number of benzene rings is 2. The van der Waals surface area contributed by atoms with Crippen molar-refractivity contribution in [2.24, 2.45) is 10.8 Å². The summed E-state index contributed by atoms with van der Waals surface area (Å²) < 4.78 is 6.08. The number of allylic oxidation sites excluding steroid dienone is 1. The lowest BCUT2D eigenvalue weighted by atomic mass is 9.68. The molecule has 1 unspecified atom stereocenters. The molecule has 150 valence electrons. The summed E-state index contributed by atoms with van der Waals surface area (Å²) in [6.45, 7) is 14.8. The summed E-state index contributed by atoms with van der Waals surface area (Å²) in [5, 5.41) is 0. The Morgan fingerprint density at radius 1 is 0.893 bits per heavy atom. The number of aryl methyl sites for hydroxylation is 1. The Morgan fingerprint density at radius 3 is 2.25 bits per heavy atom. The van der Waals surface area contributed by atoms with E-state index in [4.69, 9.17) is 4.74 Å². The Labute approximate surface area is 171 Å². The first-order valence-corrected chi connectivity index (χ1v) is 10.6. The van der Waals surface area contributed by atoms with Crippen LogP contribution in [0, 0.1) is 10.8 Å². The van der Waals surface area contributed by atoms with E-state index in [0.29, 0.717) is 17.9 Å². The number of ether oxygens (including phenoxy) is 1. The summed E-state index contributed by atoms with van der Waals surface area (Å²) in [4.78, 5) is 0. The van der Waals surface area contributed by atoms with Gasteiger partial charge in [-0.25, -0.2) is 0 Å². The van der Waals surface area contributed by atoms with Crippen molar-refractivity contribution in [2.45, 2.75) is 73.3 Å². The third-order valence-corrected chi connectivity index (χ3v) is 5.66. The van der Waals surface area contributed by atoms with Gasteiger partial charge in [0.1, 0.15) is 6.61 Å². The fourth-order valence-corrected chi connectivity index (χ4v) is 4.10. The summed E-state index contributed by atoms with van der Waals surface area (Å²) in [7, 11) is 0. The Hall–Kier alpha value is -2.02. The summed E-state index contributed by atoms with van der Waals surface area (Å²) >= 11 is 0. The maximum absolute atomic E-state index is 6.08. The van der Waals surface area contributed by atoms with E-state index in [2.05, 4.69) is 90.1 Å². The topological polar surface area (TPSA) is 9.23 Å². The molecule has 0 N–H and O–H groups in total. The SMILES string of the molecule is CC(C)(C)CC(c1ccc2c(c1)CCC(OCc1ccccc1)=C2)C(C)(C)C. The molecule has 0 fully saturated rings. The van der Waals surface area contributed by atoms with Gasteiger partial charge in [0, 0.05) is 6.42 Å². The molecule has 2 aromatic rings. The van der Waals surface area contributed by atoms with Crippen molar-refractivity contribution in [3.8, 4) is 0 Å².